The lowest BCUT2D eigenvalue weighted by Gasteiger charge is -2.09. The molecule has 1 amide bonds. The summed E-state index contributed by atoms with van der Waals surface area (Å²) < 4.78 is 2.02. The first kappa shape index (κ1) is 19.9. The first-order chi connectivity index (χ1) is 15.2. The molecule has 154 valence electrons. The molecule has 0 bridgehead atoms. The molecule has 7 heteroatoms. The second kappa shape index (κ2) is 8.58. The summed E-state index contributed by atoms with van der Waals surface area (Å²) >= 11 is 3.24. The van der Waals surface area contributed by atoms with E-state index < -0.39 is 0 Å². The number of imidazole rings is 1. The zero-order valence-electron chi connectivity index (χ0n) is 16.8. The number of hydrogen-bond acceptors (Lipinski definition) is 5. The fourth-order valence-electron chi connectivity index (χ4n) is 3.86. The molecular formula is C24H20N4OS2. The number of aryl methyl sites for hydroxylation is 1. The molecule has 0 fully saturated rings. The van der Waals surface area contributed by atoms with E-state index in [-0.39, 0.29) is 5.91 Å². The number of hydrogen-bond donors (Lipinski definition) is 1. The lowest BCUT2D eigenvalue weighted by atomic mass is 9.96. The Morgan fingerprint density at radius 1 is 1.19 bits per heavy atom. The third kappa shape index (κ3) is 4.09. The van der Waals surface area contributed by atoms with E-state index >= 15 is 0 Å². The maximum Gasteiger partial charge on any atom is 0.256 e. The molecule has 3 aromatic heterocycles. The summed E-state index contributed by atoms with van der Waals surface area (Å²) in [4.78, 5) is 19.7. The second-order valence-electron chi connectivity index (χ2n) is 7.49. The maximum absolute atomic E-state index is 12.8. The second-order valence-corrected chi connectivity index (χ2v) is 9.65. The van der Waals surface area contributed by atoms with Crippen molar-refractivity contribution in [3.63, 3.8) is 0 Å². The lowest BCUT2D eigenvalue weighted by molar-refractivity contribution is 0.102. The van der Waals surface area contributed by atoms with Crippen molar-refractivity contribution in [2.45, 2.75) is 36.3 Å². The number of thiophene rings is 1. The van der Waals surface area contributed by atoms with E-state index in [0.29, 0.717) is 16.1 Å². The third-order valence-electron chi connectivity index (χ3n) is 5.43. The molecule has 0 spiro atoms. The van der Waals surface area contributed by atoms with Gasteiger partial charge >= 0.3 is 0 Å². The van der Waals surface area contributed by atoms with Crippen molar-refractivity contribution in [2.75, 3.05) is 5.32 Å². The van der Waals surface area contributed by atoms with Gasteiger partial charge in [0.25, 0.3) is 5.91 Å². The summed E-state index contributed by atoms with van der Waals surface area (Å²) in [6, 6.07) is 15.8. The molecule has 5 nitrogen and oxygen atoms in total. The number of nitrogens with zero attached hydrogens (tertiary/aromatic N) is 3. The number of benzene rings is 1. The van der Waals surface area contributed by atoms with Crippen LogP contribution in [0.25, 0.3) is 5.65 Å². The number of amides is 1. The summed E-state index contributed by atoms with van der Waals surface area (Å²) in [6.07, 6.45) is 8.23. The quantitative estimate of drug-likeness (QED) is 0.401. The van der Waals surface area contributed by atoms with Gasteiger partial charge in [0.1, 0.15) is 16.7 Å². The molecule has 31 heavy (non-hydrogen) atoms. The predicted octanol–water partition coefficient (Wildman–Crippen LogP) is 5.69. The van der Waals surface area contributed by atoms with Crippen LogP contribution in [0.15, 0.2) is 59.8 Å². The van der Waals surface area contributed by atoms with Crippen LogP contribution in [0.5, 0.6) is 0 Å². The summed E-state index contributed by atoms with van der Waals surface area (Å²) in [5, 5.41) is 13.2. The van der Waals surface area contributed by atoms with E-state index in [1.165, 1.54) is 4.88 Å². The summed E-state index contributed by atoms with van der Waals surface area (Å²) in [7, 11) is 0. The Labute approximate surface area is 188 Å². The molecule has 3 heterocycles. The van der Waals surface area contributed by atoms with E-state index in [2.05, 4.69) is 16.4 Å². The zero-order valence-corrected chi connectivity index (χ0v) is 18.4. The highest BCUT2D eigenvalue weighted by Crippen LogP contribution is 2.37. The number of carbonyl (C=O) groups is 1. The van der Waals surface area contributed by atoms with Crippen molar-refractivity contribution >= 4 is 39.7 Å². The highest BCUT2D eigenvalue weighted by atomic mass is 32.2. The molecule has 5 rings (SSSR count). The Morgan fingerprint density at radius 2 is 2.03 bits per heavy atom. The van der Waals surface area contributed by atoms with Gasteiger partial charge in [0.05, 0.1) is 11.3 Å². The normalized spacial score (nSPS) is 13.0. The van der Waals surface area contributed by atoms with E-state index in [1.807, 2.05) is 59.3 Å². The highest BCUT2D eigenvalue weighted by Gasteiger charge is 2.22. The topological polar surface area (TPSA) is 70.2 Å². The third-order valence-corrected chi connectivity index (χ3v) is 7.68. The number of fused-ring (bicyclic) bond motifs is 2. The minimum Gasteiger partial charge on any atom is -0.312 e. The van der Waals surface area contributed by atoms with E-state index in [0.717, 1.165) is 53.2 Å². The van der Waals surface area contributed by atoms with Crippen LogP contribution in [0.3, 0.4) is 0 Å². The number of thioether (sulfide) groups is 1. The maximum atomic E-state index is 12.8. The van der Waals surface area contributed by atoms with Gasteiger partial charge < -0.3 is 9.72 Å². The summed E-state index contributed by atoms with van der Waals surface area (Å²) in [6.45, 7) is 0. The molecule has 4 aromatic rings. The van der Waals surface area contributed by atoms with Crippen LogP contribution in [0, 0.1) is 11.3 Å². The Hall–Kier alpha value is -3.08. The van der Waals surface area contributed by atoms with Gasteiger partial charge in [-0.15, -0.1) is 23.1 Å². The van der Waals surface area contributed by atoms with Crippen LogP contribution in [0.1, 0.15) is 44.9 Å². The summed E-state index contributed by atoms with van der Waals surface area (Å²) in [5.74, 6) is 0.589. The van der Waals surface area contributed by atoms with Crippen LogP contribution in [0.2, 0.25) is 0 Å². The van der Waals surface area contributed by atoms with Gasteiger partial charge in [-0.2, -0.15) is 5.26 Å². The van der Waals surface area contributed by atoms with Gasteiger partial charge in [-0.25, -0.2) is 4.98 Å². The van der Waals surface area contributed by atoms with Gasteiger partial charge in [0, 0.05) is 33.5 Å². The van der Waals surface area contributed by atoms with Gasteiger partial charge in [0.15, 0.2) is 0 Å². The van der Waals surface area contributed by atoms with E-state index in [4.69, 9.17) is 0 Å². The predicted molar refractivity (Wildman–Crippen MR) is 125 cm³/mol. The largest absolute Gasteiger partial charge is 0.312 e. The smallest absolute Gasteiger partial charge is 0.256 e. The number of nitrogens with one attached hydrogen (secondary N) is 1. The van der Waals surface area contributed by atoms with Gasteiger partial charge in [0.2, 0.25) is 0 Å². The lowest BCUT2D eigenvalue weighted by Crippen LogP contribution is -2.11. The van der Waals surface area contributed by atoms with Crippen molar-refractivity contribution in [2.24, 2.45) is 0 Å². The van der Waals surface area contributed by atoms with Crippen LogP contribution in [-0.4, -0.2) is 15.3 Å². The van der Waals surface area contributed by atoms with E-state index in [1.54, 1.807) is 23.1 Å². The molecule has 1 aromatic carbocycles. The Balaban J connectivity index is 1.25. The molecule has 1 N–H and O–H groups in total. The monoisotopic (exact) mass is 444 g/mol. The number of carbonyl (C=O) groups excluding carboxylic acids is 1. The van der Waals surface area contributed by atoms with Crippen molar-refractivity contribution in [1.82, 2.24) is 9.38 Å². The number of rotatable bonds is 5. The molecule has 0 radical (unpaired) electrons. The van der Waals surface area contributed by atoms with Crippen molar-refractivity contribution in [3.8, 4) is 6.07 Å². The highest BCUT2D eigenvalue weighted by molar-refractivity contribution is 7.98. The standard InChI is InChI=1S/C24H20N4OS2/c25-13-20-19-5-1-2-6-21(19)31-24(20)27-23(29)16-8-10-18(11-9-16)30-15-17-14-28-12-4-3-7-22(28)26-17/h3-4,7-12,14H,1-2,5-6,15H2,(H,27,29). The Morgan fingerprint density at radius 3 is 2.84 bits per heavy atom. The van der Waals surface area contributed by atoms with Crippen LogP contribution in [0.4, 0.5) is 5.00 Å². The first-order valence-corrected chi connectivity index (χ1v) is 12.0. The van der Waals surface area contributed by atoms with Crippen LogP contribution in [-0.2, 0) is 18.6 Å². The average molecular weight is 445 g/mol. The number of pyridine rings is 1. The fraction of sp³-hybridized carbons (Fsp3) is 0.208. The number of anilines is 1. The SMILES string of the molecule is N#Cc1c(NC(=O)c2ccc(SCc3cn4ccccc4n3)cc2)sc2c1CCCC2. The minimum atomic E-state index is -0.174. The Bertz CT molecular complexity index is 1260. The minimum absolute atomic E-state index is 0.174. The van der Waals surface area contributed by atoms with Crippen LogP contribution >= 0.6 is 23.1 Å². The molecule has 0 aliphatic heterocycles. The Kier molecular flexibility index (Phi) is 5.49. The first-order valence-electron chi connectivity index (χ1n) is 10.2. The molecule has 1 aliphatic rings. The van der Waals surface area contributed by atoms with Crippen molar-refractivity contribution in [3.05, 3.63) is 82.1 Å². The van der Waals surface area contributed by atoms with Crippen molar-refractivity contribution in [1.29, 1.82) is 5.26 Å². The molecule has 0 saturated carbocycles. The fourth-order valence-corrected chi connectivity index (χ4v) is 5.88. The van der Waals surface area contributed by atoms with Gasteiger partial charge in [-0.1, -0.05) is 6.07 Å². The van der Waals surface area contributed by atoms with Crippen LogP contribution < -0.4 is 5.32 Å². The molecular weight excluding hydrogens is 424 g/mol. The number of aromatic nitrogens is 2. The zero-order chi connectivity index (χ0) is 21.2. The average Bonchev–Trinajstić information content (AvgIpc) is 3.38. The molecule has 0 unspecified atom stereocenters. The number of nitriles is 1. The molecule has 0 atom stereocenters. The molecule has 1 aliphatic carbocycles. The van der Waals surface area contributed by atoms with Gasteiger partial charge in [-0.05, 0) is 67.6 Å². The molecule has 0 saturated heterocycles. The van der Waals surface area contributed by atoms with Crippen molar-refractivity contribution < 1.29 is 4.79 Å². The van der Waals surface area contributed by atoms with Gasteiger partial charge in [-0.3, -0.25) is 4.79 Å². The summed E-state index contributed by atoms with van der Waals surface area (Å²) in [5.41, 5.74) is 4.33. The van der Waals surface area contributed by atoms with E-state index in [9.17, 15) is 10.1 Å².